The van der Waals surface area contributed by atoms with Gasteiger partial charge in [0.05, 0.1) is 11.3 Å². The van der Waals surface area contributed by atoms with Crippen LogP contribution in [0.25, 0.3) is 0 Å². The van der Waals surface area contributed by atoms with E-state index in [4.69, 9.17) is 11.6 Å². The SMILES string of the molecule is CC(Cl)CC(C)Nc1ccc(C(F)(F)F)cc1F. The molecule has 2 unspecified atom stereocenters. The summed E-state index contributed by atoms with van der Waals surface area (Å²) < 4.78 is 50.5. The minimum absolute atomic E-state index is 0.0489. The summed E-state index contributed by atoms with van der Waals surface area (Å²) in [6.45, 7) is 3.58. The van der Waals surface area contributed by atoms with E-state index in [9.17, 15) is 17.6 Å². The van der Waals surface area contributed by atoms with E-state index in [2.05, 4.69) is 5.32 Å². The van der Waals surface area contributed by atoms with E-state index in [0.717, 1.165) is 12.1 Å². The number of benzene rings is 1. The van der Waals surface area contributed by atoms with Crippen molar-refractivity contribution in [2.24, 2.45) is 0 Å². The van der Waals surface area contributed by atoms with Crippen LogP contribution in [0.3, 0.4) is 0 Å². The molecule has 0 fully saturated rings. The average Bonchev–Trinajstić information content (AvgIpc) is 2.18. The lowest BCUT2D eigenvalue weighted by atomic mass is 10.1. The Morgan fingerprint density at radius 2 is 1.89 bits per heavy atom. The van der Waals surface area contributed by atoms with Crippen molar-refractivity contribution >= 4 is 17.3 Å². The zero-order valence-electron chi connectivity index (χ0n) is 9.98. The molecular formula is C12H14ClF4N. The summed E-state index contributed by atoms with van der Waals surface area (Å²) in [6.07, 6.45) is -3.95. The Morgan fingerprint density at radius 3 is 2.33 bits per heavy atom. The molecule has 0 bridgehead atoms. The molecule has 0 radical (unpaired) electrons. The van der Waals surface area contributed by atoms with Gasteiger partial charge in [-0.1, -0.05) is 0 Å². The summed E-state index contributed by atoms with van der Waals surface area (Å²) in [5.41, 5.74) is -0.947. The summed E-state index contributed by atoms with van der Waals surface area (Å²) in [7, 11) is 0. The highest BCUT2D eigenvalue weighted by molar-refractivity contribution is 6.20. The standard InChI is InChI=1S/C12H14ClF4N/c1-7(13)5-8(2)18-11-4-3-9(6-10(11)14)12(15,16)17/h3-4,6-8,18H,5H2,1-2H3. The Balaban J connectivity index is 2.80. The van der Waals surface area contributed by atoms with Gasteiger partial charge in [0.2, 0.25) is 0 Å². The molecule has 102 valence electrons. The van der Waals surface area contributed by atoms with Crippen LogP contribution < -0.4 is 5.32 Å². The van der Waals surface area contributed by atoms with Crippen LogP contribution in [0.1, 0.15) is 25.8 Å². The van der Waals surface area contributed by atoms with E-state index in [0.29, 0.717) is 12.5 Å². The third-order valence-corrected chi connectivity index (χ3v) is 2.55. The minimum atomic E-state index is -4.53. The van der Waals surface area contributed by atoms with Gasteiger partial charge in [0.1, 0.15) is 5.82 Å². The Labute approximate surface area is 108 Å². The van der Waals surface area contributed by atoms with Crippen LogP contribution >= 0.6 is 11.6 Å². The molecule has 0 aliphatic heterocycles. The maximum absolute atomic E-state index is 13.5. The largest absolute Gasteiger partial charge is 0.416 e. The van der Waals surface area contributed by atoms with Gasteiger partial charge >= 0.3 is 6.18 Å². The fourth-order valence-electron chi connectivity index (χ4n) is 1.62. The van der Waals surface area contributed by atoms with Gasteiger partial charge in [0.15, 0.2) is 0 Å². The number of hydrogen-bond donors (Lipinski definition) is 1. The summed E-state index contributed by atoms with van der Waals surface area (Å²) in [5, 5.41) is 2.70. The first-order chi connectivity index (χ1) is 8.20. The summed E-state index contributed by atoms with van der Waals surface area (Å²) in [6, 6.07) is 2.30. The Kier molecular flexibility index (Phi) is 4.85. The zero-order valence-corrected chi connectivity index (χ0v) is 10.7. The average molecular weight is 284 g/mol. The van der Waals surface area contributed by atoms with Gasteiger partial charge in [0, 0.05) is 11.4 Å². The summed E-state index contributed by atoms with van der Waals surface area (Å²) in [4.78, 5) is 0. The monoisotopic (exact) mass is 283 g/mol. The number of alkyl halides is 4. The molecule has 0 heterocycles. The maximum atomic E-state index is 13.5. The fourth-order valence-corrected chi connectivity index (χ4v) is 1.89. The minimum Gasteiger partial charge on any atom is -0.380 e. The number of rotatable bonds is 4. The second-order valence-corrected chi connectivity index (χ2v) is 5.00. The van der Waals surface area contributed by atoms with Crippen LogP contribution in [0.15, 0.2) is 18.2 Å². The van der Waals surface area contributed by atoms with Crippen LogP contribution in [0, 0.1) is 5.82 Å². The van der Waals surface area contributed by atoms with E-state index in [1.54, 1.807) is 13.8 Å². The molecule has 1 aromatic rings. The maximum Gasteiger partial charge on any atom is 0.416 e. The predicted octanol–water partition coefficient (Wildman–Crippen LogP) is 4.66. The van der Waals surface area contributed by atoms with Crippen LogP contribution in [0.2, 0.25) is 0 Å². The fraction of sp³-hybridized carbons (Fsp3) is 0.500. The third-order valence-electron chi connectivity index (χ3n) is 2.38. The molecule has 0 aliphatic rings. The highest BCUT2D eigenvalue weighted by atomic mass is 35.5. The van der Waals surface area contributed by atoms with Gasteiger partial charge in [-0.2, -0.15) is 13.2 Å². The van der Waals surface area contributed by atoms with E-state index < -0.39 is 17.6 Å². The van der Waals surface area contributed by atoms with Gasteiger partial charge in [-0.25, -0.2) is 4.39 Å². The quantitative estimate of drug-likeness (QED) is 0.626. The lowest BCUT2D eigenvalue weighted by molar-refractivity contribution is -0.137. The normalized spacial score (nSPS) is 15.3. The van der Waals surface area contributed by atoms with Crippen molar-refractivity contribution in [1.29, 1.82) is 0 Å². The van der Waals surface area contributed by atoms with E-state index in [1.165, 1.54) is 0 Å². The molecule has 0 spiro atoms. The molecule has 1 rings (SSSR count). The van der Waals surface area contributed by atoms with Crippen molar-refractivity contribution in [3.8, 4) is 0 Å². The zero-order chi connectivity index (χ0) is 13.9. The molecule has 18 heavy (non-hydrogen) atoms. The van der Waals surface area contributed by atoms with Crippen molar-refractivity contribution in [2.45, 2.75) is 37.9 Å². The Morgan fingerprint density at radius 1 is 1.28 bits per heavy atom. The lowest BCUT2D eigenvalue weighted by Gasteiger charge is -2.17. The third kappa shape index (κ3) is 4.37. The topological polar surface area (TPSA) is 12.0 Å². The number of anilines is 1. The van der Waals surface area contributed by atoms with Gasteiger partial charge < -0.3 is 5.32 Å². The molecule has 6 heteroatoms. The number of hydrogen-bond acceptors (Lipinski definition) is 1. The van der Waals surface area contributed by atoms with E-state index >= 15 is 0 Å². The first-order valence-electron chi connectivity index (χ1n) is 5.47. The van der Waals surface area contributed by atoms with Crippen molar-refractivity contribution in [3.63, 3.8) is 0 Å². The Bertz CT molecular complexity index is 404. The van der Waals surface area contributed by atoms with Gasteiger partial charge in [-0.05, 0) is 38.5 Å². The first-order valence-corrected chi connectivity index (χ1v) is 5.91. The molecule has 0 aromatic heterocycles. The van der Waals surface area contributed by atoms with Crippen LogP contribution in [-0.2, 0) is 6.18 Å². The second-order valence-electron chi connectivity index (χ2n) is 4.25. The van der Waals surface area contributed by atoms with Crippen LogP contribution in [0.4, 0.5) is 23.2 Å². The van der Waals surface area contributed by atoms with Crippen molar-refractivity contribution < 1.29 is 17.6 Å². The molecule has 1 N–H and O–H groups in total. The summed E-state index contributed by atoms with van der Waals surface area (Å²) in [5.74, 6) is -0.918. The molecule has 2 atom stereocenters. The lowest BCUT2D eigenvalue weighted by Crippen LogP contribution is -2.19. The summed E-state index contributed by atoms with van der Waals surface area (Å²) >= 11 is 5.78. The van der Waals surface area contributed by atoms with Gasteiger partial charge in [-0.15, -0.1) is 11.6 Å². The van der Waals surface area contributed by atoms with Crippen LogP contribution in [0.5, 0.6) is 0 Å². The Hall–Kier alpha value is -0.970. The van der Waals surface area contributed by atoms with Crippen molar-refractivity contribution in [2.75, 3.05) is 5.32 Å². The smallest absolute Gasteiger partial charge is 0.380 e. The molecular weight excluding hydrogens is 270 g/mol. The molecule has 1 nitrogen and oxygen atoms in total. The van der Waals surface area contributed by atoms with E-state index in [1.807, 2.05) is 0 Å². The highest BCUT2D eigenvalue weighted by Gasteiger charge is 2.31. The molecule has 0 aliphatic carbocycles. The highest BCUT2D eigenvalue weighted by Crippen LogP contribution is 2.31. The van der Waals surface area contributed by atoms with Gasteiger partial charge in [0.25, 0.3) is 0 Å². The molecule has 0 saturated heterocycles. The van der Waals surface area contributed by atoms with Crippen LogP contribution in [-0.4, -0.2) is 11.4 Å². The number of nitrogens with one attached hydrogen (secondary N) is 1. The molecule has 1 aromatic carbocycles. The first kappa shape index (κ1) is 15.1. The predicted molar refractivity (Wildman–Crippen MR) is 64.4 cm³/mol. The second kappa shape index (κ2) is 5.78. The van der Waals surface area contributed by atoms with Crippen molar-refractivity contribution in [1.82, 2.24) is 0 Å². The number of halogens is 5. The molecule has 0 saturated carbocycles. The van der Waals surface area contributed by atoms with E-state index in [-0.39, 0.29) is 17.1 Å². The van der Waals surface area contributed by atoms with Crippen molar-refractivity contribution in [3.05, 3.63) is 29.6 Å². The van der Waals surface area contributed by atoms with Gasteiger partial charge in [-0.3, -0.25) is 0 Å². The molecule has 0 amide bonds.